The number of aryl methyl sites for hydroxylation is 2. The number of cyclic esters (lactones) is 4. The molecule has 0 radical (unpaired) electrons. The molecule has 6 nitrogen and oxygen atoms in total. The van der Waals surface area contributed by atoms with E-state index in [0.29, 0.717) is 33.0 Å². The van der Waals surface area contributed by atoms with Crippen LogP contribution in [0.3, 0.4) is 0 Å². The summed E-state index contributed by atoms with van der Waals surface area (Å²) < 4.78 is 10.3. The number of unbranched alkanes of at least 4 members (excludes halogenated alkanes) is 6. The SMILES string of the molecule is CCCCCCc1cc2c3c(cc(CCCCCC)c4c5ccc6c7c(ccc(c1c34)c75)C(=O)OC6=O)C(=O)OC2=O. The van der Waals surface area contributed by atoms with Gasteiger partial charge in [0.1, 0.15) is 0 Å². The summed E-state index contributed by atoms with van der Waals surface area (Å²) in [4.78, 5) is 52.1. The number of benzene rings is 5. The minimum atomic E-state index is -0.639. The van der Waals surface area contributed by atoms with Gasteiger partial charge in [-0.1, -0.05) is 64.5 Å². The van der Waals surface area contributed by atoms with Crippen LogP contribution >= 0.6 is 0 Å². The van der Waals surface area contributed by atoms with Gasteiger partial charge >= 0.3 is 23.9 Å². The molecule has 0 spiro atoms. The second kappa shape index (κ2) is 10.2. The largest absolute Gasteiger partial charge is 0.386 e. The quantitative estimate of drug-likeness (QED) is 0.0559. The molecule has 42 heavy (non-hydrogen) atoms. The Bertz CT molecular complexity index is 1850. The highest BCUT2D eigenvalue weighted by molar-refractivity contribution is 6.40. The van der Waals surface area contributed by atoms with Crippen molar-refractivity contribution in [1.29, 1.82) is 0 Å². The van der Waals surface area contributed by atoms with E-state index in [-0.39, 0.29) is 0 Å². The fourth-order valence-electron chi connectivity index (χ4n) is 7.20. The number of fused-ring (bicyclic) bond motifs is 2. The minimum absolute atomic E-state index is 0.381. The maximum Gasteiger partial charge on any atom is 0.346 e. The highest BCUT2D eigenvalue weighted by Crippen LogP contribution is 2.48. The van der Waals surface area contributed by atoms with Gasteiger partial charge < -0.3 is 9.47 Å². The van der Waals surface area contributed by atoms with Crippen molar-refractivity contribution in [3.05, 3.63) is 69.8 Å². The summed E-state index contributed by atoms with van der Waals surface area (Å²) >= 11 is 0. The normalized spacial score (nSPS) is 14.5. The monoisotopic (exact) mass is 560 g/mol. The van der Waals surface area contributed by atoms with Crippen LogP contribution in [0.4, 0.5) is 0 Å². The first-order valence-electron chi connectivity index (χ1n) is 15.2. The van der Waals surface area contributed by atoms with Gasteiger partial charge in [-0.15, -0.1) is 0 Å². The molecule has 0 unspecified atom stereocenters. The van der Waals surface area contributed by atoms with E-state index in [0.717, 1.165) is 108 Å². The van der Waals surface area contributed by atoms with Crippen LogP contribution in [-0.2, 0) is 22.3 Å². The molecule has 5 aromatic rings. The number of hydrogen-bond acceptors (Lipinski definition) is 6. The van der Waals surface area contributed by atoms with E-state index in [9.17, 15) is 19.2 Å². The third-order valence-corrected chi connectivity index (χ3v) is 9.12. The van der Waals surface area contributed by atoms with Gasteiger partial charge in [0.05, 0.1) is 22.3 Å². The zero-order chi connectivity index (χ0) is 29.1. The summed E-state index contributed by atoms with van der Waals surface area (Å²) in [5.41, 5.74) is 3.66. The minimum Gasteiger partial charge on any atom is -0.386 e. The Morgan fingerprint density at radius 2 is 0.881 bits per heavy atom. The molecule has 0 bridgehead atoms. The van der Waals surface area contributed by atoms with Crippen molar-refractivity contribution < 1.29 is 28.7 Å². The van der Waals surface area contributed by atoms with E-state index in [1.807, 2.05) is 24.3 Å². The standard InChI is InChI=1S/C36H32O6/c1-3-5-7-9-11-19-17-25-31-26(36(40)42-35(25)39)18-20(12-10-8-6-4-2)28-22-14-16-24-30-23(33(37)41-34(24)38)15-13-21(29(22)30)27(19)32(28)31/h13-18H,3-12H2,1-2H3. The second-order valence-electron chi connectivity index (χ2n) is 11.7. The molecule has 0 atom stereocenters. The average molecular weight is 561 g/mol. The van der Waals surface area contributed by atoms with Crippen LogP contribution in [0.15, 0.2) is 36.4 Å². The molecule has 2 aliphatic rings. The van der Waals surface area contributed by atoms with Crippen LogP contribution in [0.1, 0.15) is 118 Å². The third-order valence-electron chi connectivity index (χ3n) is 9.12. The lowest BCUT2D eigenvalue weighted by Crippen LogP contribution is -2.21. The Hall–Kier alpha value is -4.32. The fourth-order valence-corrected chi connectivity index (χ4v) is 7.20. The van der Waals surface area contributed by atoms with E-state index in [2.05, 4.69) is 13.8 Å². The van der Waals surface area contributed by atoms with Gasteiger partial charge in [0.25, 0.3) is 0 Å². The molecule has 0 saturated heterocycles. The molecular formula is C36H32O6. The maximum atomic E-state index is 13.2. The lowest BCUT2D eigenvalue weighted by atomic mass is 9.79. The number of ether oxygens (including phenoxy) is 2. The maximum absolute atomic E-state index is 13.2. The number of esters is 4. The highest BCUT2D eigenvalue weighted by atomic mass is 16.6. The van der Waals surface area contributed by atoms with Crippen molar-refractivity contribution >= 4 is 67.0 Å². The molecule has 0 saturated carbocycles. The summed E-state index contributed by atoms with van der Waals surface area (Å²) in [5, 5.41) is 6.84. The van der Waals surface area contributed by atoms with Crippen LogP contribution in [0, 0.1) is 0 Å². The van der Waals surface area contributed by atoms with Crippen LogP contribution in [0.2, 0.25) is 0 Å². The van der Waals surface area contributed by atoms with Gasteiger partial charge in [0.2, 0.25) is 0 Å². The number of rotatable bonds is 10. The number of carbonyl (C=O) groups is 4. The van der Waals surface area contributed by atoms with E-state index < -0.39 is 23.9 Å². The Morgan fingerprint density at radius 1 is 0.452 bits per heavy atom. The summed E-state index contributed by atoms with van der Waals surface area (Å²) in [6.07, 6.45) is 10.0. The lowest BCUT2D eigenvalue weighted by molar-refractivity contribution is 0.0373. The van der Waals surface area contributed by atoms with Gasteiger partial charge in [0, 0.05) is 10.8 Å². The van der Waals surface area contributed by atoms with E-state index in [1.54, 1.807) is 12.1 Å². The third kappa shape index (κ3) is 3.84. The molecule has 0 aliphatic carbocycles. The van der Waals surface area contributed by atoms with E-state index in [4.69, 9.17) is 9.47 Å². The van der Waals surface area contributed by atoms with Crippen molar-refractivity contribution in [2.24, 2.45) is 0 Å². The highest BCUT2D eigenvalue weighted by Gasteiger charge is 2.34. The molecule has 2 aliphatic heterocycles. The molecule has 7 rings (SSSR count). The molecule has 5 aromatic carbocycles. The van der Waals surface area contributed by atoms with E-state index in [1.165, 1.54) is 0 Å². The Balaban J connectivity index is 1.66. The Labute approximate surface area is 243 Å². The second-order valence-corrected chi connectivity index (χ2v) is 11.7. The fraction of sp³-hybridized carbons (Fsp3) is 0.333. The topological polar surface area (TPSA) is 86.7 Å². The molecule has 0 aromatic heterocycles. The lowest BCUT2D eigenvalue weighted by Gasteiger charge is -2.26. The number of carbonyl (C=O) groups excluding carboxylic acids is 4. The van der Waals surface area contributed by atoms with Gasteiger partial charge in [-0.3, -0.25) is 0 Å². The molecule has 0 amide bonds. The van der Waals surface area contributed by atoms with Crippen LogP contribution in [0.5, 0.6) is 0 Å². The summed E-state index contributed by atoms with van der Waals surface area (Å²) in [6, 6.07) is 11.2. The molecule has 212 valence electrons. The Kier molecular flexibility index (Phi) is 6.45. The van der Waals surface area contributed by atoms with Crippen molar-refractivity contribution in [3.8, 4) is 0 Å². The average Bonchev–Trinajstić information content (AvgIpc) is 2.98. The van der Waals surface area contributed by atoms with Crippen LogP contribution in [0.25, 0.3) is 43.1 Å². The van der Waals surface area contributed by atoms with Gasteiger partial charge in [-0.05, 0) is 93.4 Å². The first-order valence-corrected chi connectivity index (χ1v) is 15.2. The van der Waals surface area contributed by atoms with Gasteiger partial charge in [0.15, 0.2) is 0 Å². The Morgan fingerprint density at radius 3 is 1.33 bits per heavy atom. The van der Waals surface area contributed by atoms with Crippen molar-refractivity contribution in [3.63, 3.8) is 0 Å². The van der Waals surface area contributed by atoms with Crippen molar-refractivity contribution in [2.45, 2.75) is 78.1 Å². The summed E-state index contributed by atoms with van der Waals surface area (Å²) in [5.74, 6) is -2.50. The van der Waals surface area contributed by atoms with Gasteiger partial charge in [-0.25, -0.2) is 19.2 Å². The molecular weight excluding hydrogens is 528 g/mol. The number of hydrogen-bond donors (Lipinski definition) is 0. The van der Waals surface area contributed by atoms with Crippen LogP contribution < -0.4 is 0 Å². The first-order chi connectivity index (χ1) is 20.4. The van der Waals surface area contributed by atoms with Crippen molar-refractivity contribution in [1.82, 2.24) is 0 Å². The predicted octanol–water partition coefficient (Wildman–Crippen LogP) is 8.60. The molecule has 6 heteroatoms. The zero-order valence-corrected chi connectivity index (χ0v) is 24.0. The molecule has 0 fully saturated rings. The summed E-state index contributed by atoms with van der Waals surface area (Å²) in [7, 11) is 0. The smallest absolute Gasteiger partial charge is 0.346 e. The molecule has 0 N–H and O–H groups in total. The molecule has 2 heterocycles. The predicted molar refractivity (Wildman–Crippen MR) is 163 cm³/mol. The zero-order valence-electron chi connectivity index (χ0n) is 24.0. The van der Waals surface area contributed by atoms with Crippen LogP contribution in [-0.4, -0.2) is 23.9 Å². The summed E-state index contributed by atoms with van der Waals surface area (Å²) in [6.45, 7) is 4.35. The van der Waals surface area contributed by atoms with E-state index >= 15 is 0 Å². The first kappa shape index (κ1) is 26.6. The van der Waals surface area contributed by atoms with Crippen molar-refractivity contribution in [2.75, 3.05) is 0 Å². The van der Waals surface area contributed by atoms with Gasteiger partial charge in [-0.2, -0.15) is 0 Å².